The van der Waals surface area contributed by atoms with Gasteiger partial charge in [0.25, 0.3) is 0 Å². The number of carbonyl (C=O) groups excluding carboxylic acids is 1. The molecule has 0 radical (unpaired) electrons. The van der Waals surface area contributed by atoms with E-state index in [2.05, 4.69) is 4.99 Å². The van der Waals surface area contributed by atoms with Gasteiger partial charge in [-0.3, -0.25) is 0 Å². The number of hydrogen-bond acceptors (Lipinski definition) is 5. The third-order valence-electron chi connectivity index (χ3n) is 4.93. The van der Waals surface area contributed by atoms with Gasteiger partial charge in [-0.15, -0.1) is 0 Å². The molecule has 6 nitrogen and oxygen atoms in total. The van der Waals surface area contributed by atoms with Gasteiger partial charge in [-0.05, 0) is 19.4 Å². The van der Waals surface area contributed by atoms with Crippen molar-refractivity contribution in [1.82, 2.24) is 4.90 Å². The van der Waals surface area contributed by atoms with Crippen LogP contribution in [0, 0.1) is 0 Å². The van der Waals surface area contributed by atoms with Crippen LogP contribution in [-0.2, 0) is 14.3 Å². The van der Waals surface area contributed by atoms with Gasteiger partial charge in [-0.1, -0.05) is 60.7 Å². The quantitative estimate of drug-likeness (QED) is 0.823. The standard InChI is InChI=1S/C21H22N2O4/c1-14(19(24)27-3)23-17(15-10-6-4-7-11-15)21(2,20(25)26)22-18(23)16-12-8-5-9-13-16/h4-14,17H,1-3H3,(H,25,26). The first-order valence-electron chi connectivity index (χ1n) is 8.70. The van der Waals surface area contributed by atoms with E-state index in [1.54, 1.807) is 18.7 Å². The lowest BCUT2D eigenvalue weighted by atomic mass is 9.87. The summed E-state index contributed by atoms with van der Waals surface area (Å²) >= 11 is 0. The molecule has 2 aromatic carbocycles. The van der Waals surface area contributed by atoms with Crippen molar-refractivity contribution in [3.63, 3.8) is 0 Å². The van der Waals surface area contributed by atoms with Gasteiger partial charge in [-0.25, -0.2) is 14.6 Å². The summed E-state index contributed by atoms with van der Waals surface area (Å²) in [5.41, 5.74) is 0.0708. The number of rotatable bonds is 5. The molecule has 3 rings (SSSR count). The number of esters is 1. The second-order valence-electron chi connectivity index (χ2n) is 6.67. The van der Waals surface area contributed by atoms with E-state index in [4.69, 9.17) is 4.74 Å². The van der Waals surface area contributed by atoms with Gasteiger partial charge in [0.1, 0.15) is 11.9 Å². The second-order valence-corrected chi connectivity index (χ2v) is 6.67. The van der Waals surface area contributed by atoms with E-state index in [0.717, 1.165) is 11.1 Å². The molecule has 6 heteroatoms. The third kappa shape index (κ3) is 3.18. The summed E-state index contributed by atoms with van der Waals surface area (Å²) in [5, 5.41) is 10.0. The van der Waals surface area contributed by atoms with Gasteiger partial charge in [-0.2, -0.15) is 0 Å². The molecule has 1 N–H and O–H groups in total. The average molecular weight is 366 g/mol. The van der Waals surface area contributed by atoms with Crippen molar-refractivity contribution < 1.29 is 19.4 Å². The molecule has 0 saturated heterocycles. The highest BCUT2D eigenvalue weighted by Gasteiger charge is 2.54. The number of hydrogen-bond donors (Lipinski definition) is 1. The summed E-state index contributed by atoms with van der Waals surface area (Å²) < 4.78 is 4.94. The number of benzene rings is 2. The highest BCUT2D eigenvalue weighted by atomic mass is 16.5. The lowest BCUT2D eigenvalue weighted by molar-refractivity contribution is -0.149. The number of nitrogens with zero attached hydrogens (tertiary/aromatic N) is 2. The predicted molar refractivity (Wildman–Crippen MR) is 102 cm³/mol. The Morgan fingerprint density at radius 1 is 1.11 bits per heavy atom. The van der Waals surface area contributed by atoms with Crippen LogP contribution >= 0.6 is 0 Å². The number of carbonyl (C=O) groups is 2. The van der Waals surface area contributed by atoms with Crippen LogP contribution < -0.4 is 0 Å². The average Bonchev–Trinajstić information content (AvgIpc) is 3.02. The highest BCUT2D eigenvalue weighted by Crippen LogP contribution is 2.43. The molecular weight excluding hydrogens is 344 g/mol. The number of aliphatic imine (C=N–C) groups is 1. The maximum Gasteiger partial charge on any atom is 0.333 e. The molecule has 0 bridgehead atoms. The minimum atomic E-state index is -1.45. The lowest BCUT2D eigenvalue weighted by Crippen LogP contribution is -2.49. The van der Waals surface area contributed by atoms with Crippen molar-refractivity contribution in [3.05, 3.63) is 71.8 Å². The van der Waals surface area contributed by atoms with Gasteiger partial charge < -0.3 is 14.7 Å². The molecule has 0 saturated carbocycles. The summed E-state index contributed by atoms with van der Waals surface area (Å²) in [7, 11) is 1.32. The predicted octanol–water partition coefficient (Wildman–Crippen LogP) is 2.89. The third-order valence-corrected chi connectivity index (χ3v) is 4.93. The Kier molecular flexibility index (Phi) is 4.99. The van der Waals surface area contributed by atoms with E-state index in [-0.39, 0.29) is 0 Å². The maximum atomic E-state index is 12.4. The van der Waals surface area contributed by atoms with E-state index in [9.17, 15) is 14.7 Å². The summed E-state index contributed by atoms with van der Waals surface area (Å²) in [4.78, 5) is 31.0. The molecule has 140 valence electrons. The summed E-state index contributed by atoms with van der Waals surface area (Å²) in [6.07, 6.45) is 0. The molecule has 0 fully saturated rings. The minimum absolute atomic E-state index is 0.450. The van der Waals surface area contributed by atoms with Crippen molar-refractivity contribution in [1.29, 1.82) is 0 Å². The topological polar surface area (TPSA) is 79.2 Å². The molecule has 0 amide bonds. The van der Waals surface area contributed by atoms with Crippen LogP contribution in [0.1, 0.15) is 31.0 Å². The molecular formula is C21H22N2O4. The zero-order chi connectivity index (χ0) is 19.6. The molecule has 27 heavy (non-hydrogen) atoms. The van der Waals surface area contributed by atoms with Gasteiger partial charge in [0, 0.05) is 5.56 Å². The van der Waals surface area contributed by atoms with Crippen molar-refractivity contribution in [3.8, 4) is 0 Å². The molecule has 0 spiro atoms. The van der Waals surface area contributed by atoms with Crippen LogP contribution in [0.2, 0.25) is 0 Å². The number of carboxylic acid groups (broad SMARTS) is 1. The first-order valence-corrected chi connectivity index (χ1v) is 8.70. The fourth-order valence-corrected chi connectivity index (χ4v) is 3.51. The number of ether oxygens (including phenoxy) is 1. The monoisotopic (exact) mass is 366 g/mol. The van der Waals surface area contributed by atoms with E-state index < -0.39 is 29.6 Å². The molecule has 3 atom stereocenters. The van der Waals surface area contributed by atoms with Crippen LogP contribution in [-0.4, -0.2) is 46.5 Å². The van der Waals surface area contributed by atoms with Gasteiger partial charge >= 0.3 is 11.9 Å². The number of carboxylic acids is 1. The number of amidine groups is 1. The van der Waals surface area contributed by atoms with Crippen LogP contribution in [0.4, 0.5) is 0 Å². The fourth-order valence-electron chi connectivity index (χ4n) is 3.51. The lowest BCUT2D eigenvalue weighted by Gasteiger charge is -2.36. The normalized spacial score (nSPS) is 22.9. The summed E-state index contributed by atoms with van der Waals surface area (Å²) in [6.45, 7) is 3.29. The van der Waals surface area contributed by atoms with Crippen molar-refractivity contribution in [2.75, 3.05) is 7.11 Å². The first-order chi connectivity index (χ1) is 12.9. The Morgan fingerprint density at radius 3 is 2.19 bits per heavy atom. The Bertz CT molecular complexity index is 866. The Morgan fingerprint density at radius 2 is 1.67 bits per heavy atom. The Labute approximate surface area is 158 Å². The van der Waals surface area contributed by atoms with E-state index >= 15 is 0 Å². The van der Waals surface area contributed by atoms with Crippen LogP contribution in [0.25, 0.3) is 0 Å². The van der Waals surface area contributed by atoms with Crippen molar-refractivity contribution in [2.24, 2.45) is 4.99 Å². The molecule has 3 unspecified atom stereocenters. The maximum absolute atomic E-state index is 12.4. The Hall–Kier alpha value is -3.15. The molecule has 1 aliphatic rings. The van der Waals surface area contributed by atoms with Gasteiger partial charge in [0.2, 0.25) is 0 Å². The number of methoxy groups -OCH3 is 1. The van der Waals surface area contributed by atoms with Gasteiger partial charge in [0.05, 0.1) is 13.2 Å². The van der Waals surface area contributed by atoms with Crippen LogP contribution in [0.5, 0.6) is 0 Å². The highest BCUT2D eigenvalue weighted by molar-refractivity contribution is 6.05. The molecule has 1 heterocycles. The van der Waals surface area contributed by atoms with Crippen LogP contribution in [0.3, 0.4) is 0 Å². The zero-order valence-corrected chi connectivity index (χ0v) is 15.5. The molecule has 2 aromatic rings. The van der Waals surface area contributed by atoms with E-state index in [1.807, 2.05) is 60.7 Å². The van der Waals surface area contributed by atoms with Crippen LogP contribution in [0.15, 0.2) is 65.7 Å². The van der Waals surface area contributed by atoms with Crippen molar-refractivity contribution in [2.45, 2.75) is 31.5 Å². The van der Waals surface area contributed by atoms with Gasteiger partial charge in [0.15, 0.2) is 5.54 Å². The Balaban J connectivity index is 2.22. The summed E-state index contributed by atoms with van der Waals surface area (Å²) in [5.74, 6) is -1.04. The van der Waals surface area contributed by atoms with Crippen molar-refractivity contribution >= 4 is 17.8 Å². The van der Waals surface area contributed by atoms with E-state index in [0.29, 0.717) is 5.84 Å². The smallest absolute Gasteiger partial charge is 0.333 e. The van der Waals surface area contributed by atoms with E-state index in [1.165, 1.54) is 7.11 Å². The molecule has 0 aliphatic carbocycles. The second kappa shape index (κ2) is 7.23. The molecule has 0 aromatic heterocycles. The minimum Gasteiger partial charge on any atom is -0.479 e. The summed E-state index contributed by atoms with van der Waals surface area (Å²) in [6, 6.07) is 17.2. The molecule has 1 aliphatic heterocycles. The first kappa shape index (κ1) is 18.6. The fraction of sp³-hybridized carbons (Fsp3) is 0.286. The SMILES string of the molecule is COC(=O)C(C)N1C(c2ccccc2)=NC(C)(C(=O)O)C1c1ccccc1. The zero-order valence-electron chi connectivity index (χ0n) is 15.5. The number of aliphatic carboxylic acids is 1. The largest absolute Gasteiger partial charge is 0.479 e.